The maximum Gasteiger partial charge on any atom is 0.445 e. The Balaban J connectivity index is 2.26. The molecule has 19 heavy (non-hydrogen) atoms. The van der Waals surface area contributed by atoms with E-state index >= 15 is 0 Å². The molecule has 1 heterocycles. The van der Waals surface area contributed by atoms with E-state index in [1.165, 1.54) is 6.07 Å². The van der Waals surface area contributed by atoms with Crippen molar-refractivity contribution in [3.63, 3.8) is 0 Å². The SMILES string of the molecule is NCc1ccc(Cl)cc1Oc1nnc(C(F)(F)F)s1. The number of nitrogens with two attached hydrogens (primary N) is 1. The van der Waals surface area contributed by atoms with Crippen molar-refractivity contribution in [3.8, 4) is 10.9 Å². The Kier molecular flexibility index (Phi) is 3.93. The summed E-state index contributed by atoms with van der Waals surface area (Å²) in [6, 6.07) is 4.69. The quantitative estimate of drug-likeness (QED) is 0.943. The molecular weight excluding hydrogens is 303 g/mol. The molecule has 1 aromatic carbocycles. The van der Waals surface area contributed by atoms with Crippen LogP contribution in [0.3, 0.4) is 0 Å². The summed E-state index contributed by atoms with van der Waals surface area (Å²) >= 11 is 6.09. The van der Waals surface area contributed by atoms with E-state index in [0.717, 1.165) is 0 Å². The highest BCUT2D eigenvalue weighted by Gasteiger charge is 2.36. The van der Waals surface area contributed by atoms with Gasteiger partial charge in [-0.2, -0.15) is 13.2 Å². The van der Waals surface area contributed by atoms with Crippen molar-refractivity contribution in [2.24, 2.45) is 5.73 Å². The van der Waals surface area contributed by atoms with E-state index in [1.807, 2.05) is 0 Å². The predicted octanol–water partition coefficient (Wildman–Crippen LogP) is 3.46. The van der Waals surface area contributed by atoms with E-state index in [1.54, 1.807) is 12.1 Å². The monoisotopic (exact) mass is 309 g/mol. The zero-order valence-electron chi connectivity index (χ0n) is 9.24. The van der Waals surface area contributed by atoms with Crippen LogP contribution in [0.4, 0.5) is 13.2 Å². The smallest absolute Gasteiger partial charge is 0.429 e. The highest BCUT2D eigenvalue weighted by atomic mass is 35.5. The third-order valence-corrected chi connectivity index (χ3v) is 3.18. The van der Waals surface area contributed by atoms with Crippen LogP contribution in [0, 0.1) is 0 Å². The van der Waals surface area contributed by atoms with E-state index in [0.29, 0.717) is 21.9 Å². The lowest BCUT2D eigenvalue weighted by molar-refractivity contribution is -0.138. The number of alkyl halides is 3. The third-order valence-electron chi connectivity index (χ3n) is 2.10. The number of hydrogen-bond acceptors (Lipinski definition) is 5. The van der Waals surface area contributed by atoms with Crippen LogP contribution in [0.2, 0.25) is 5.02 Å². The van der Waals surface area contributed by atoms with Crippen molar-refractivity contribution in [1.29, 1.82) is 0 Å². The molecule has 0 spiro atoms. The molecule has 2 aromatic rings. The average molecular weight is 310 g/mol. The molecule has 0 unspecified atom stereocenters. The van der Waals surface area contributed by atoms with E-state index in [-0.39, 0.29) is 17.5 Å². The standard InChI is InChI=1S/C10H7ClF3N3OS/c11-6-2-1-5(4-15)7(3-6)18-9-17-16-8(19-9)10(12,13)14/h1-3H,4,15H2. The minimum atomic E-state index is -4.54. The number of ether oxygens (including phenoxy) is 1. The van der Waals surface area contributed by atoms with Gasteiger partial charge in [-0.25, -0.2) is 0 Å². The Morgan fingerprint density at radius 2 is 2.05 bits per heavy atom. The molecule has 102 valence electrons. The zero-order chi connectivity index (χ0) is 14.0. The van der Waals surface area contributed by atoms with Gasteiger partial charge in [0, 0.05) is 17.1 Å². The molecule has 0 amide bonds. The lowest BCUT2D eigenvalue weighted by Crippen LogP contribution is -2.03. The second-order valence-electron chi connectivity index (χ2n) is 3.43. The Morgan fingerprint density at radius 3 is 2.63 bits per heavy atom. The minimum Gasteiger partial charge on any atom is -0.429 e. The molecule has 4 nitrogen and oxygen atoms in total. The van der Waals surface area contributed by atoms with Crippen LogP contribution in [0.5, 0.6) is 10.9 Å². The molecular formula is C10H7ClF3N3OS. The molecule has 0 saturated heterocycles. The maximum absolute atomic E-state index is 12.4. The van der Waals surface area contributed by atoms with Crippen LogP contribution in [0.1, 0.15) is 10.6 Å². The Morgan fingerprint density at radius 1 is 1.32 bits per heavy atom. The van der Waals surface area contributed by atoms with Gasteiger partial charge in [0.15, 0.2) is 0 Å². The summed E-state index contributed by atoms with van der Waals surface area (Å²) in [6.07, 6.45) is -4.54. The average Bonchev–Trinajstić information content (AvgIpc) is 2.77. The number of rotatable bonds is 3. The molecule has 0 atom stereocenters. The van der Waals surface area contributed by atoms with Crippen LogP contribution in [0.15, 0.2) is 18.2 Å². The van der Waals surface area contributed by atoms with Crippen molar-refractivity contribution in [3.05, 3.63) is 33.8 Å². The fourth-order valence-electron chi connectivity index (χ4n) is 1.25. The van der Waals surface area contributed by atoms with Gasteiger partial charge in [0.05, 0.1) is 0 Å². The maximum atomic E-state index is 12.4. The number of hydrogen-bond donors (Lipinski definition) is 1. The van der Waals surface area contributed by atoms with E-state index in [9.17, 15) is 13.2 Å². The van der Waals surface area contributed by atoms with Gasteiger partial charge in [-0.1, -0.05) is 34.1 Å². The number of halogens is 4. The molecule has 0 saturated carbocycles. The summed E-state index contributed by atoms with van der Waals surface area (Å²) in [6.45, 7) is 0.164. The van der Waals surface area contributed by atoms with Gasteiger partial charge in [-0.05, 0) is 12.1 Å². The first kappa shape index (κ1) is 14.0. The van der Waals surface area contributed by atoms with Gasteiger partial charge in [0.25, 0.3) is 5.19 Å². The molecule has 2 N–H and O–H groups in total. The molecule has 0 fully saturated rings. The van der Waals surface area contributed by atoms with Crippen molar-refractivity contribution in [1.82, 2.24) is 10.2 Å². The molecule has 0 aliphatic carbocycles. The summed E-state index contributed by atoms with van der Waals surface area (Å²) in [4.78, 5) is 0. The fourth-order valence-corrected chi connectivity index (χ4v) is 1.99. The topological polar surface area (TPSA) is 61.0 Å². The molecule has 0 aliphatic rings. The van der Waals surface area contributed by atoms with Gasteiger partial charge in [-0.3, -0.25) is 0 Å². The van der Waals surface area contributed by atoms with Crippen LogP contribution in [-0.2, 0) is 12.7 Å². The van der Waals surface area contributed by atoms with Crippen LogP contribution in [-0.4, -0.2) is 10.2 Å². The number of nitrogens with zero attached hydrogens (tertiary/aromatic N) is 2. The summed E-state index contributed by atoms with van der Waals surface area (Å²) in [5.74, 6) is 0.264. The second kappa shape index (κ2) is 5.32. The summed E-state index contributed by atoms with van der Waals surface area (Å²) in [5, 5.41) is 5.43. The van der Waals surface area contributed by atoms with Crippen LogP contribution in [0.25, 0.3) is 0 Å². The Bertz CT molecular complexity index is 588. The highest BCUT2D eigenvalue weighted by molar-refractivity contribution is 7.13. The predicted molar refractivity (Wildman–Crippen MR) is 64.3 cm³/mol. The molecule has 1 aromatic heterocycles. The van der Waals surface area contributed by atoms with Gasteiger partial charge in [-0.15, -0.1) is 5.10 Å². The summed E-state index contributed by atoms with van der Waals surface area (Å²) in [7, 11) is 0. The van der Waals surface area contributed by atoms with Gasteiger partial charge >= 0.3 is 6.18 Å². The lowest BCUT2D eigenvalue weighted by Gasteiger charge is -2.07. The largest absolute Gasteiger partial charge is 0.445 e. The molecule has 0 bridgehead atoms. The molecule has 2 rings (SSSR count). The molecule has 9 heteroatoms. The molecule has 0 aliphatic heterocycles. The first-order chi connectivity index (χ1) is 8.90. The first-order valence-electron chi connectivity index (χ1n) is 4.97. The van der Waals surface area contributed by atoms with Gasteiger partial charge in [0.1, 0.15) is 5.75 Å². The third kappa shape index (κ3) is 3.34. The summed E-state index contributed by atoms with van der Waals surface area (Å²) in [5.41, 5.74) is 6.10. The lowest BCUT2D eigenvalue weighted by atomic mass is 10.2. The number of benzene rings is 1. The first-order valence-corrected chi connectivity index (χ1v) is 6.16. The van der Waals surface area contributed by atoms with Crippen molar-refractivity contribution >= 4 is 22.9 Å². The fraction of sp³-hybridized carbons (Fsp3) is 0.200. The normalized spacial score (nSPS) is 11.6. The van der Waals surface area contributed by atoms with Gasteiger partial charge in [0.2, 0.25) is 5.01 Å². The Hall–Kier alpha value is -1.38. The zero-order valence-corrected chi connectivity index (χ0v) is 10.8. The second-order valence-corrected chi connectivity index (χ2v) is 4.81. The van der Waals surface area contributed by atoms with Crippen LogP contribution < -0.4 is 10.5 Å². The van der Waals surface area contributed by atoms with Crippen molar-refractivity contribution < 1.29 is 17.9 Å². The van der Waals surface area contributed by atoms with E-state index in [2.05, 4.69) is 10.2 Å². The van der Waals surface area contributed by atoms with Crippen molar-refractivity contribution in [2.75, 3.05) is 0 Å². The van der Waals surface area contributed by atoms with Crippen LogP contribution >= 0.6 is 22.9 Å². The summed E-state index contributed by atoms with van der Waals surface area (Å²) < 4.78 is 42.3. The van der Waals surface area contributed by atoms with Crippen molar-refractivity contribution in [2.45, 2.75) is 12.7 Å². The van der Waals surface area contributed by atoms with E-state index < -0.39 is 11.2 Å². The molecule has 0 radical (unpaired) electrons. The highest BCUT2D eigenvalue weighted by Crippen LogP contribution is 2.36. The minimum absolute atomic E-state index is 0.164. The van der Waals surface area contributed by atoms with Gasteiger partial charge < -0.3 is 10.5 Å². The Labute approximate surface area is 115 Å². The number of aromatic nitrogens is 2. The van der Waals surface area contributed by atoms with E-state index in [4.69, 9.17) is 22.1 Å².